The molecule has 1 aromatic carbocycles. The highest BCUT2D eigenvalue weighted by Crippen LogP contribution is 2.26. The van der Waals surface area contributed by atoms with Crippen LogP contribution in [0.1, 0.15) is 26.3 Å². The van der Waals surface area contributed by atoms with Crippen LogP contribution in [0.5, 0.6) is 5.75 Å². The first-order chi connectivity index (χ1) is 8.85. The van der Waals surface area contributed by atoms with Crippen LogP contribution >= 0.6 is 22.6 Å². The lowest BCUT2D eigenvalue weighted by molar-refractivity contribution is 0.0225. The van der Waals surface area contributed by atoms with Crippen LogP contribution in [0.2, 0.25) is 0 Å². The number of rotatable bonds is 0. The molecule has 0 spiro atoms. The molecule has 5 heteroatoms. The fraction of sp³-hybridized carbons (Fsp3) is 0.500. The monoisotopic (exact) mass is 375 g/mol. The molecular weight excluding hydrogens is 357 g/mol. The van der Waals surface area contributed by atoms with Crippen LogP contribution < -0.4 is 4.74 Å². The van der Waals surface area contributed by atoms with E-state index in [0.717, 1.165) is 14.9 Å². The number of hydrogen-bond donors (Lipinski definition) is 0. The Morgan fingerprint density at radius 1 is 1.42 bits per heavy atom. The number of carbonyl (C=O) groups excluding carboxylic acids is 1. The topological polar surface area (TPSA) is 38.8 Å². The molecule has 104 valence electrons. The predicted molar refractivity (Wildman–Crippen MR) is 81.3 cm³/mol. The summed E-state index contributed by atoms with van der Waals surface area (Å²) in [5.74, 6) is 0.859. The molecule has 2 rings (SSSR count). The molecule has 0 aromatic heterocycles. The molecule has 19 heavy (non-hydrogen) atoms. The molecule has 1 aliphatic heterocycles. The minimum absolute atomic E-state index is 0.289. The van der Waals surface area contributed by atoms with Gasteiger partial charge in [0, 0.05) is 9.13 Å². The van der Waals surface area contributed by atoms with E-state index >= 15 is 0 Å². The van der Waals surface area contributed by atoms with Gasteiger partial charge >= 0.3 is 6.09 Å². The number of carbonyl (C=O) groups is 1. The summed E-state index contributed by atoms with van der Waals surface area (Å²) >= 11 is 2.25. The molecule has 0 bridgehead atoms. The fourth-order valence-corrected chi connectivity index (χ4v) is 2.29. The maximum absolute atomic E-state index is 12.1. The van der Waals surface area contributed by atoms with Crippen molar-refractivity contribution in [3.63, 3.8) is 0 Å². The average molecular weight is 375 g/mol. The standard InChI is InChI=1S/C14H18INO3/c1-14(2,3)19-13(17)16-6-7-18-12-8-11(15)5-4-10(12)9-16/h4-5,8H,6-7,9H2,1-3H3. The highest BCUT2D eigenvalue weighted by Gasteiger charge is 2.25. The Hall–Kier alpha value is -0.980. The summed E-state index contributed by atoms with van der Waals surface area (Å²) < 4.78 is 12.2. The van der Waals surface area contributed by atoms with Gasteiger partial charge in [0.25, 0.3) is 0 Å². The van der Waals surface area contributed by atoms with Gasteiger partial charge in [0.2, 0.25) is 0 Å². The van der Waals surface area contributed by atoms with Crippen LogP contribution in [-0.2, 0) is 11.3 Å². The molecule has 1 aromatic rings. The third kappa shape index (κ3) is 3.99. The lowest BCUT2D eigenvalue weighted by Crippen LogP contribution is -2.37. The first-order valence-corrected chi connectivity index (χ1v) is 7.32. The molecule has 0 saturated carbocycles. The van der Waals surface area contributed by atoms with Gasteiger partial charge in [-0.2, -0.15) is 0 Å². The molecule has 0 N–H and O–H groups in total. The number of nitrogens with zero attached hydrogens (tertiary/aromatic N) is 1. The van der Waals surface area contributed by atoms with Gasteiger partial charge in [-0.05, 0) is 55.5 Å². The summed E-state index contributed by atoms with van der Waals surface area (Å²) in [4.78, 5) is 13.8. The van der Waals surface area contributed by atoms with Gasteiger partial charge in [0.1, 0.15) is 18.0 Å². The Kier molecular flexibility index (Phi) is 4.23. The molecular formula is C14H18INO3. The average Bonchev–Trinajstić information content (AvgIpc) is 2.48. The molecule has 1 aliphatic rings. The van der Waals surface area contributed by atoms with Crippen molar-refractivity contribution in [2.45, 2.75) is 32.9 Å². The van der Waals surface area contributed by atoms with Gasteiger partial charge in [0.15, 0.2) is 0 Å². The molecule has 0 radical (unpaired) electrons. The molecule has 0 unspecified atom stereocenters. The van der Waals surface area contributed by atoms with Crippen LogP contribution in [0.15, 0.2) is 18.2 Å². The number of fused-ring (bicyclic) bond motifs is 1. The number of amides is 1. The van der Waals surface area contributed by atoms with Crippen LogP contribution in [-0.4, -0.2) is 29.7 Å². The van der Waals surface area contributed by atoms with Crippen LogP contribution in [0.25, 0.3) is 0 Å². The SMILES string of the molecule is CC(C)(C)OC(=O)N1CCOc2cc(I)ccc2C1. The lowest BCUT2D eigenvalue weighted by atomic mass is 10.2. The predicted octanol–water partition coefficient (Wildman–Crippen LogP) is 3.42. The number of hydrogen-bond acceptors (Lipinski definition) is 3. The summed E-state index contributed by atoms with van der Waals surface area (Å²) in [5, 5.41) is 0. The Morgan fingerprint density at radius 3 is 2.84 bits per heavy atom. The van der Waals surface area contributed by atoms with E-state index < -0.39 is 5.60 Å². The van der Waals surface area contributed by atoms with Crippen molar-refractivity contribution in [1.29, 1.82) is 0 Å². The number of ether oxygens (including phenoxy) is 2. The smallest absolute Gasteiger partial charge is 0.410 e. The van der Waals surface area contributed by atoms with Crippen LogP contribution in [0, 0.1) is 3.57 Å². The van der Waals surface area contributed by atoms with E-state index in [1.165, 1.54) is 0 Å². The van der Waals surface area contributed by atoms with E-state index in [-0.39, 0.29) is 6.09 Å². The summed E-state index contributed by atoms with van der Waals surface area (Å²) in [6, 6.07) is 6.01. The van der Waals surface area contributed by atoms with Crippen molar-refractivity contribution in [2.75, 3.05) is 13.2 Å². The molecule has 0 fully saturated rings. The van der Waals surface area contributed by atoms with Gasteiger partial charge in [0.05, 0.1) is 13.1 Å². The Morgan fingerprint density at radius 2 is 2.16 bits per heavy atom. The number of benzene rings is 1. The van der Waals surface area contributed by atoms with Crippen LogP contribution in [0.3, 0.4) is 0 Å². The zero-order valence-corrected chi connectivity index (χ0v) is 13.6. The summed E-state index contributed by atoms with van der Waals surface area (Å²) in [6.45, 7) is 7.17. The first kappa shape index (κ1) is 14.4. The van der Waals surface area contributed by atoms with E-state index in [1.54, 1.807) is 4.90 Å². The zero-order chi connectivity index (χ0) is 14.0. The Bertz CT molecular complexity index is 482. The fourth-order valence-electron chi connectivity index (χ4n) is 1.83. The third-order valence-electron chi connectivity index (χ3n) is 2.66. The molecule has 1 heterocycles. The second-order valence-corrected chi connectivity index (χ2v) is 6.75. The molecule has 0 saturated heterocycles. The van der Waals surface area contributed by atoms with Gasteiger partial charge in [-0.1, -0.05) is 6.07 Å². The van der Waals surface area contributed by atoms with E-state index in [0.29, 0.717) is 19.7 Å². The quantitative estimate of drug-likeness (QED) is 0.653. The van der Waals surface area contributed by atoms with Crippen molar-refractivity contribution in [3.05, 3.63) is 27.3 Å². The molecule has 4 nitrogen and oxygen atoms in total. The van der Waals surface area contributed by atoms with Crippen molar-refractivity contribution in [1.82, 2.24) is 4.90 Å². The van der Waals surface area contributed by atoms with E-state index in [2.05, 4.69) is 22.6 Å². The van der Waals surface area contributed by atoms with Gasteiger partial charge in [-0.3, -0.25) is 0 Å². The minimum Gasteiger partial charge on any atom is -0.491 e. The number of halogens is 1. The third-order valence-corrected chi connectivity index (χ3v) is 3.33. The molecule has 1 amide bonds. The van der Waals surface area contributed by atoms with Crippen molar-refractivity contribution >= 4 is 28.7 Å². The summed E-state index contributed by atoms with van der Waals surface area (Å²) in [7, 11) is 0. The van der Waals surface area contributed by atoms with Crippen molar-refractivity contribution in [3.8, 4) is 5.75 Å². The van der Waals surface area contributed by atoms with Crippen molar-refractivity contribution < 1.29 is 14.3 Å². The minimum atomic E-state index is -0.473. The zero-order valence-electron chi connectivity index (χ0n) is 11.4. The maximum Gasteiger partial charge on any atom is 0.410 e. The van der Waals surface area contributed by atoms with Gasteiger partial charge < -0.3 is 14.4 Å². The van der Waals surface area contributed by atoms with Gasteiger partial charge in [-0.25, -0.2) is 4.79 Å². The molecule has 0 atom stereocenters. The highest BCUT2D eigenvalue weighted by molar-refractivity contribution is 14.1. The first-order valence-electron chi connectivity index (χ1n) is 6.24. The Balaban J connectivity index is 2.13. The van der Waals surface area contributed by atoms with E-state index in [1.807, 2.05) is 39.0 Å². The van der Waals surface area contributed by atoms with Crippen molar-refractivity contribution in [2.24, 2.45) is 0 Å². The lowest BCUT2D eigenvalue weighted by Gasteiger charge is -2.26. The summed E-state index contributed by atoms with van der Waals surface area (Å²) in [6.07, 6.45) is -0.289. The van der Waals surface area contributed by atoms with Crippen LogP contribution in [0.4, 0.5) is 4.79 Å². The normalized spacial score (nSPS) is 15.3. The van der Waals surface area contributed by atoms with E-state index in [4.69, 9.17) is 9.47 Å². The second kappa shape index (κ2) is 5.56. The molecule has 0 aliphatic carbocycles. The van der Waals surface area contributed by atoms with E-state index in [9.17, 15) is 4.79 Å². The highest BCUT2D eigenvalue weighted by atomic mass is 127. The van der Waals surface area contributed by atoms with Gasteiger partial charge in [-0.15, -0.1) is 0 Å². The second-order valence-electron chi connectivity index (χ2n) is 5.50. The Labute approximate surface area is 127 Å². The maximum atomic E-state index is 12.1. The summed E-state index contributed by atoms with van der Waals surface area (Å²) in [5.41, 5.74) is 0.544. The largest absolute Gasteiger partial charge is 0.491 e.